The Morgan fingerprint density at radius 2 is 1.81 bits per heavy atom. The van der Waals surface area contributed by atoms with Crippen molar-refractivity contribution < 1.29 is 9.18 Å². The Balaban J connectivity index is 1.85. The third kappa shape index (κ3) is 3.53. The van der Waals surface area contributed by atoms with Gasteiger partial charge in [-0.3, -0.25) is 9.78 Å². The van der Waals surface area contributed by atoms with E-state index in [1.807, 2.05) is 36.5 Å². The molecule has 4 aromatic rings. The molecule has 132 valence electrons. The van der Waals surface area contributed by atoms with Gasteiger partial charge in [0.15, 0.2) is 0 Å². The zero-order valence-electron chi connectivity index (χ0n) is 14.4. The molecular weight excluding hydrogens is 341 g/mol. The zero-order chi connectivity index (χ0) is 18.8. The molecule has 0 saturated heterocycles. The Morgan fingerprint density at radius 3 is 2.52 bits per heavy atom. The molecule has 5 heteroatoms. The summed E-state index contributed by atoms with van der Waals surface area (Å²) < 4.78 is 13.3. The van der Waals surface area contributed by atoms with Crippen LogP contribution in [0.1, 0.15) is 21.6 Å². The van der Waals surface area contributed by atoms with Crippen LogP contribution in [0.5, 0.6) is 0 Å². The minimum atomic E-state index is -0.599. The fourth-order valence-electron chi connectivity index (χ4n) is 3.12. The molecule has 0 radical (unpaired) electrons. The second kappa shape index (κ2) is 6.96. The summed E-state index contributed by atoms with van der Waals surface area (Å²) in [5, 5.41) is 0.876. The van der Waals surface area contributed by atoms with Gasteiger partial charge >= 0.3 is 0 Å². The lowest BCUT2D eigenvalue weighted by Gasteiger charge is -2.10. The SMILES string of the molecule is NC(=O)c1cc(-c2ccc(F)cc2)c2ccc(Cc3cccnc3)cc2n1. The van der Waals surface area contributed by atoms with Crippen molar-refractivity contribution >= 4 is 16.8 Å². The first-order chi connectivity index (χ1) is 13.1. The summed E-state index contributed by atoms with van der Waals surface area (Å²) in [6, 6.07) is 17.6. The van der Waals surface area contributed by atoms with E-state index in [0.717, 1.165) is 27.6 Å². The lowest BCUT2D eigenvalue weighted by Crippen LogP contribution is -2.13. The van der Waals surface area contributed by atoms with Crippen LogP contribution in [0.25, 0.3) is 22.0 Å². The summed E-state index contributed by atoms with van der Waals surface area (Å²) in [4.78, 5) is 20.3. The van der Waals surface area contributed by atoms with E-state index in [1.54, 1.807) is 24.4 Å². The van der Waals surface area contributed by atoms with E-state index in [-0.39, 0.29) is 11.5 Å². The van der Waals surface area contributed by atoms with Gasteiger partial charge in [0.1, 0.15) is 11.5 Å². The summed E-state index contributed by atoms with van der Waals surface area (Å²) in [5.41, 5.74) is 10.0. The monoisotopic (exact) mass is 357 g/mol. The van der Waals surface area contributed by atoms with Gasteiger partial charge in [0.2, 0.25) is 0 Å². The Labute approximate surface area is 155 Å². The van der Waals surface area contributed by atoms with Gasteiger partial charge in [-0.15, -0.1) is 0 Å². The number of pyridine rings is 2. The van der Waals surface area contributed by atoms with Crippen LogP contribution in [0.2, 0.25) is 0 Å². The Morgan fingerprint density at radius 1 is 1.00 bits per heavy atom. The summed E-state index contributed by atoms with van der Waals surface area (Å²) in [6.45, 7) is 0. The smallest absolute Gasteiger partial charge is 0.267 e. The molecule has 4 nitrogen and oxygen atoms in total. The molecule has 0 unspecified atom stereocenters. The predicted octanol–water partition coefficient (Wildman–Crippen LogP) is 4.13. The molecule has 0 spiro atoms. The van der Waals surface area contributed by atoms with Gasteiger partial charge in [0.25, 0.3) is 5.91 Å². The van der Waals surface area contributed by atoms with Gasteiger partial charge in [-0.2, -0.15) is 0 Å². The van der Waals surface area contributed by atoms with E-state index < -0.39 is 5.91 Å². The van der Waals surface area contributed by atoms with Gasteiger partial charge in [0.05, 0.1) is 5.52 Å². The van der Waals surface area contributed by atoms with Crippen molar-refractivity contribution in [3.63, 3.8) is 0 Å². The lowest BCUT2D eigenvalue weighted by molar-refractivity contribution is 0.0996. The number of carbonyl (C=O) groups excluding carboxylic acids is 1. The van der Waals surface area contributed by atoms with Crippen LogP contribution >= 0.6 is 0 Å². The first-order valence-corrected chi connectivity index (χ1v) is 8.48. The number of aromatic nitrogens is 2. The molecule has 0 fully saturated rings. The van der Waals surface area contributed by atoms with Crippen molar-refractivity contribution in [3.05, 3.63) is 95.7 Å². The van der Waals surface area contributed by atoms with E-state index in [0.29, 0.717) is 11.9 Å². The van der Waals surface area contributed by atoms with Gasteiger partial charge in [-0.1, -0.05) is 30.3 Å². The molecule has 1 amide bonds. The molecule has 2 heterocycles. The van der Waals surface area contributed by atoms with E-state index >= 15 is 0 Å². The number of hydrogen-bond donors (Lipinski definition) is 1. The summed E-state index contributed by atoms with van der Waals surface area (Å²) in [5.74, 6) is -0.913. The van der Waals surface area contributed by atoms with Gasteiger partial charge < -0.3 is 5.73 Å². The molecule has 0 aliphatic heterocycles. The molecule has 2 N–H and O–H groups in total. The molecule has 2 aromatic carbocycles. The molecule has 0 aliphatic carbocycles. The van der Waals surface area contributed by atoms with Crippen molar-refractivity contribution in [1.29, 1.82) is 0 Å². The van der Waals surface area contributed by atoms with Crippen LogP contribution in [-0.4, -0.2) is 15.9 Å². The highest BCUT2D eigenvalue weighted by molar-refractivity contribution is 6.00. The number of nitrogens with two attached hydrogens (primary N) is 1. The van der Waals surface area contributed by atoms with E-state index in [9.17, 15) is 9.18 Å². The van der Waals surface area contributed by atoms with Crippen LogP contribution in [-0.2, 0) is 6.42 Å². The van der Waals surface area contributed by atoms with E-state index in [1.165, 1.54) is 12.1 Å². The summed E-state index contributed by atoms with van der Waals surface area (Å²) >= 11 is 0. The highest BCUT2D eigenvalue weighted by Gasteiger charge is 2.12. The van der Waals surface area contributed by atoms with Crippen LogP contribution in [0.3, 0.4) is 0 Å². The maximum atomic E-state index is 13.3. The minimum Gasteiger partial charge on any atom is -0.364 e. The maximum Gasteiger partial charge on any atom is 0.267 e. The van der Waals surface area contributed by atoms with Crippen molar-refractivity contribution in [2.75, 3.05) is 0 Å². The second-order valence-corrected chi connectivity index (χ2v) is 6.32. The number of carbonyl (C=O) groups is 1. The molecule has 0 saturated carbocycles. The normalized spacial score (nSPS) is 10.9. The first kappa shape index (κ1) is 16.8. The molecular formula is C22H16FN3O. The number of nitrogens with zero attached hydrogens (tertiary/aromatic N) is 2. The van der Waals surface area contributed by atoms with Crippen molar-refractivity contribution in [2.24, 2.45) is 5.73 Å². The van der Waals surface area contributed by atoms with Crippen LogP contribution in [0.15, 0.2) is 73.1 Å². The third-order valence-electron chi connectivity index (χ3n) is 4.41. The first-order valence-electron chi connectivity index (χ1n) is 8.48. The van der Waals surface area contributed by atoms with Crippen molar-refractivity contribution in [1.82, 2.24) is 9.97 Å². The molecule has 4 rings (SSSR count). The number of amides is 1. The lowest BCUT2D eigenvalue weighted by atomic mass is 9.97. The molecule has 0 atom stereocenters. The quantitative estimate of drug-likeness (QED) is 0.597. The summed E-state index contributed by atoms with van der Waals surface area (Å²) in [7, 11) is 0. The molecule has 27 heavy (non-hydrogen) atoms. The Bertz CT molecular complexity index is 1130. The average Bonchev–Trinajstić information content (AvgIpc) is 2.68. The van der Waals surface area contributed by atoms with Crippen LogP contribution in [0, 0.1) is 5.82 Å². The second-order valence-electron chi connectivity index (χ2n) is 6.32. The largest absolute Gasteiger partial charge is 0.364 e. The van der Waals surface area contributed by atoms with E-state index in [2.05, 4.69) is 9.97 Å². The number of rotatable bonds is 4. The minimum absolute atomic E-state index is 0.181. The van der Waals surface area contributed by atoms with Gasteiger partial charge in [0, 0.05) is 17.8 Å². The number of primary amides is 1. The highest BCUT2D eigenvalue weighted by Crippen LogP contribution is 2.30. The third-order valence-corrected chi connectivity index (χ3v) is 4.41. The molecule has 0 bridgehead atoms. The van der Waals surface area contributed by atoms with Gasteiger partial charge in [-0.25, -0.2) is 9.37 Å². The number of hydrogen-bond acceptors (Lipinski definition) is 3. The topological polar surface area (TPSA) is 68.9 Å². The molecule has 0 aliphatic rings. The molecule has 2 aromatic heterocycles. The average molecular weight is 357 g/mol. The number of halogens is 1. The predicted molar refractivity (Wildman–Crippen MR) is 103 cm³/mol. The van der Waals surface area contributed by atoms with Crippen molar-refractivity contribution in [3.8, 4) is 11.1 Å². The summed E-state index contributed by atoms with van der Waals surface area (Å²) in [6.07, 6.45) is 4.26. The number of fused-ring (bicyclic) bond motifs is 1. The van der Waals surface area contributed by atoms with Crippen LogP contribution < -0.4 is 5.73 Å². The Kier molecular flexibility index (Phi) is 4.34. The number of benzene rings is 2. The standard InChI is InChI=1S/C22H16FN3O/c23-17-6-4-16(5-7-17)19-12-21(22(24)27)26-20-11-14(3-8-18(19)20)10-15-2-1-9-25-13-15/h1-9,11-13H,10H2,(H2,24,27). The highest BCUT2D eigenvalue weighted by atomic mass is 19.1. The van der Waals surface area contributed by atoms with Crippen molar-refractivity contribution in [2.45, 2.75) is 6.42 Å². The Hall–Kier alpha value is -3.60. The van der Waals surface area contributed by atoms with E-state index in [4.69, 9.17) is 5.73 Å². The van der Waals surface area contributed by atoms with Crippen LogP contribution in [0.4, 0.5) is 4.39 Å². The van der Waals surface area contributed by atoms with Gasteiger partial charge in [-0.05, 0) is 59.0 Å². The fraction of sp³-hybridized carbons (Fsp3) is 0.0455. The fourth-order valence-corrected chi connectivity index (χ4v) is 3.12. The maximum absolute atomic E-state index is 13.3. The zero-order valence-corrected chi connectivity index (χ0v) is 14.4.